The molecule has 1 aromatic carbocycles. The summed E-state index contributed by atoms with van der Waals surface area (Å²) in [6.07, 6.45) is 3.55. The first-order valence-electron chi connectivity index (χ1n) is 13.0. The van der Waals surface area contributed by atoms with Gasteiger partial charge >= 0.3 is 12.3 Å². The smallest absolute Gasteiger partial charge is 0.476 e. The Labute approximate surface area is 220 Å². The Hall–Kier alpha value is -3.67. The Kier molecular flexibility index (Phi) is 5.42. The normalized spacial score (nSPS) is 27.4. The van der Waals surface area contributed by atoms with E-state index < -0.39 is 12.3 Å². The molecule has 3 heterocycles. The molecule has 2 aromatic heterocycles. The predicted molar refractivity (Wildman–Crippen MR) is 129 cm³/mol. The first kappa shape index (κ1) is 24.4. The van der Waals surface area contributed by atoms with Crippen molar-refractivity contribution >= 4 is 11.8 Å². The maximum atomic E-state index is 13.1. The van der Waals surface area contributed by atoms with Gasteiger partial charge in [0, 0.05) is 17.0 Å². The molecule has 7 rings (SSSR count). The summed E-state index contributed by atoms with van der Waals surface area (Å²) in [6.45, 7) is 0.176. The van der Waals surface area contributed by atoms with Crippen LogP contribution in [-0.2, 0) is 11.3 Å². The van der Waals surface area contributed by atoms with E-state index in [-0.39, 0.29) is 47.2 Å². The fraction of sp³-hybridized carbons (Fsp3) is 0.481. The second kappa shape index (κ2) is 8.67. The summed E-state index contributed by atoms with van der Waals surface area (Å²) in [6, 6.07) is 6.16. The summed E-state index contributed by atoms with van der Waals surface area (Å²) in [4.78, 5) is 21.8. The summed E-state index contributed by atoms with van der Waals surface area (Å²) in [5, 5.41) is 13.3. The number of nitrogens with zero attached hydrogens (tertiary/aromatic N) is 4. The lowest BCUT2D eigenvalue weighted by atomic mass is 9.64. The molecule has 1 N–H and O–H groups in total. The second-order valence-corrected chi connectivity index (χ2v) is 10.8. The van der Waals surface area contributed by atoms with Crippen LogP contribution in [0.25, 0.3) is 11.3 Å². The largest absolute Gasteiger partial charge is 0.573 e. The average Bonchev–Trinajstić information content (AvgIpc) is 3.80. The Morgan fingerprint density at radius 1 is 1.15 bits per heavy atom. The number of ether oxygens (including phenoxy) is 2. The average molecular weight is 543 g/mol. The topological polar surface area (TPSA) is 111 Å². The van der Waals surface area contributed by atoms with Crippen LogP contribution in [0.3, 0.4) is 0 Å². The van der Waals surface area contributed by atoms with Gasteiger partial charge in [0.05, 0.1) is 36.7 Å². The van der Waals surface area contributed by atoms with Gasteiger partial charge in [-0.25, -0.2) is 14.8 Å². The molecule has 4 fully saturated rings. The molecule has 4 atom stereocenters. The summed E-state index contributed by atoms with van der Waals surface area (Å²) in [5.74, 6) is 0.515. The van der Waals surface area contributed by atoms with E-state index >= 15 is 0 Å². The molecular weight excluding hydrogens is 517 g/mol. The molecule has 1 saturated heterocycles. The van der Waals surface area contributed by atoms with Crippen molar-refractivity contribution in [2.45, 2.75) is 75.1 Å². The Morgan fingerprint density at radius 3 is 2.64 bits per heavy atom. The Balaban J connectivity index is 1.10. The van der Waals surface area contributed by atoms with Gasteiger partial charge in [0.2, 0.25) is 0 Å². The number of halogens is 3. The number of aromatic nitrogens is 3. The number of carbonyl (C=O) groups is 1. The van der Waals surface area contributed by atoms with Crippen molar-refractivity contribution in [2.24, 2.45) is 5.92 Å². The first-order valence-corrected chi connectivity index (χ1v) is 13.0. The van der Waals surface area contributed by atoms with Crippen LogP contribution in [0.15, 0.2) is 41.2 Å². The standard InChI is InChI=1S/C27H25F3N4O5/c28-27(29,30)38-20-4-2-1-3-17(20)23-18(24(39-33-23)14-5-6-14)13-37-16-9-15-7-8-26(15)21(10-16)34(26)22-12-31-19(11-32-22)25(35)36/h1-4,11-12,14-16,21H,5-10,13H2,(H,35,36)/t15-,16?,21?,26?,34?/m0/s1. The molecule has 9 nitrogen and oxygen atoms in total. The van der Waals surface area contributed by atoms with Crippen molar-refractivity contribution in [1.82, 2.24) is 15.1 Å². The minimum Gasteiger partial charge on any atom is -0.476 e. The van der Waals surface area contributed by atoms with Crippen molar-refractivity contribution in [3.8, 4) is 17.0 Å². The van der Waals surface area contributed by atoms with Gasteiger partial charge in [0.1, 0.15) is 23.0 Å². The first-order chi connectivity index (χ1) is 18.7. The second-order valence-electron chi connectivity index (χ2n) is 10.8. The minimum absolute atomic E-state index is 0.0364. The van der Waals surface area contributed by atoms with E-state index in [0.29, 0.717) is 28.8 Å². The van der Waals surface area contributed by atoms with Crippen LogP contribution in [0.4, 0.5) is 19.0 Å². The molecule has 3 unspecified atom stereocenters. The number of para-hydroxylation sites is 1. The summed E-state index contributed by atoms with van der Waals surface area (Å²) < 4.78 is 55.5. The van der Waals surface area contributed by atoms with Gasteiger partial charge in [-0.05, 0) is 56.6 Å². The lowest BCUT2D eigenvalue weighted by Gasteiger charge is -2.42. The molecule has 3 saturated carbocycles. The Bertz CT molecular complexity index is 1420. The van der Waals surface area contributed by atoms with Gasteiger partial charge in [-0.1, -0.05) is 17.3 Å². The summed E-state index contributed by atoms with van der Waals surface area (Å²) >= 11 is 0. The van der Waals surface area contributed by atoms with Gasteiger partial charge in [-0.3, -0.25) is 0 Å². The lowest BCUT2D eigenvalue weighted by molar-refractivity contribution is -0.274. The highest BCUT2D eigenvalue weighted by molar-refractivity contribution is 5.85. The Morgan fingerprint density at radius 2 is 1.97 bits per heavy atom. The highest BCUT2D eigenvalue weighted by Gasteiger charge is 2.73. The molecule has 0 amide bonds. The number of benzene rings is 1. The van der Waals surface area contributed by atoms with Crippen molar-refractivity contribution < 1.29 is 37.1 Å². The van der Waals surface area contributed by atoms with Gasteiger partial charge < -0.3 is 24.0 Å². The number of rotatable bonds is 8. The fourth-order valence-corrected chi connectivity index (χ4v) is 6.59. The van der Waals surface area contributed by atoms with Crippen LogP contribution in [0.5, 0.6) is 5.75 Å². The number of alkyl halides is 3. The van der Waals surface area contributed by atoms with Crippen LogP contribution < -0.4 is 9.64 Å². The van der Waals surface area contributed by atoms with E-state index in [2.05, 4.69) is 24.8 Å². The van der Waals surface area contributed by atoms with E-state index in [4.69, 9.17) is 14.4 Å². The number of anilines is 1. The predicted octanol–water partition coefficient (Wildman–Crippen LogP) is 5.32. The summed E-state index contributed by atoms with van der Waals surface area (Å²) in [5.41, 5.74) is 1.14. The molecule has 39 heavy (non-hydrogen) atoms. The highest BCUT2D eigenvalue weighted by Crippen LogP contribution is 2.65. The molecule has 4 aliphatic rings. The maximum absolute atomic E-state index is 13.1. The zero-order valence-corrected chi connectivity index (χ0v) is 20.7. The zero-order valence-electron chi connectivity index (χ0n) is 20.7. The molecule has 1 aliphatic heterocycles. The van der Waals surface area contributed by atoms with Crippen LogP contribution in [0.2, 0.25) is 0 Å². The molecule has 3 aromatic rings. The molecule has 12 heteroatoms. The summed E-state index contributed by atoms with van der Waals surface area (Å²) in [7, 11) is 0. The molecular formula is C27H25F3N4O5. The van der Waals surface area contributed by atoms with E-state index in [9.17, 15) is 18.0 Å². The molecule has 1 spiro atoms. The minimum atomic E-state index is -4.83. The number of hydrogen-bond donors (Lipinski definition) is 1. The quantitative estimate of drug-likeness (QED) is 0.378. The van der Waals surface area contributed by atoms with Crippen LogP contribution in [-0.4, -0.2) is 50.2 Å². The molecule has 204 valence electrons. The number of aromatic carboxylic acids is 1. The monoisotopic (exact) mass is 542 g/mol. The third-order valence-corrected chi connectivity index (χ3v) is 8.61. The third kappa shape index (κ3) is 4.12. The van der Waals surface area contributed by atoms with Crippen LogP contribution >= 0.6 is 0 Å². The molecule has 3 aliphatic carbocycles. The molecule has 0 radical (unpaired) electrons. The maximum Gasteiger partial charge on any atom is 0.573 e. The van der Waals surface area contributed by atoms with Gasteiger partial charge in [0.25, 0.3) is 0 Å². The third-order valence-electron chi connectivity index (χ3n) is 8.61. The SMILES string of the molecule is O=C(O)c1cnc(N2C3CC(OCc4c(-c5ccccc5OC(F)(F)F)noc4C4CC4)C[C@@H]4CCC342)cn1. The fourth-order valence-electron chi connectivity index (χ4n) is 6.59. The van der Waals surface area contributed by atoms with E-state index in [1.165, 1.54) is 24.5 Å². The molecule has 0 bridgehead atoms. The van der Waals surface area contributed by atoms with Crippen LogP contribution in [0.1, 0.15) is 66.3 Å². The van der Waals surface area contributed by atoms with Crippen molar-refractivity contribution in [3.05, 3.63) is 53.7 Å². The van der Waals surface area contributed by atoms with Crippen molar-refractivity contribution in [2.75, 3.05) is 4.90 Å². The highest BCUT2D eigenvalue weighted by atomic mass is 19.4. The zero-order chi connectivity index (χ0) is 26.9. The van der Waals surface area contributed by atoms with Crippen molar-refractivity contribution in [1.29, 1.82) is 0 Å². The van der Waals surface area contributed by atoms with Crippen LogP contribution in [0, 0.1) is 5.92 Å². The lowest BCUT2D eigenvalue weighted by Crippen LogP contribution is -2.46. The van der Waals surface area contributed by atoms with E-state index in [1.807, 2.05) is 0 Å². The number of carboxylic acids is 1. The van der Waals surface area contributed by atoms with Gasteiger partial charge in [-0.2, -0.15) is 0 Å². The number of hydrogen-bond acceptors (Lipinski definition) is 8. The van der Waals surface area contributed by atoms with Gasteiger partial charge in [0.15, 0.2) is 5.69 Å². The van der Waals surface area contributed by atoms with E-state index in [1.54, 1.807) is 12.1 Å². The van der Waals surface area contributed by atoms with Crippen molar-refractivity contribution in [3.63, 3.8) is 0 Å². The van der Waals surface area contributed by atoms with Gasteiger partial charge in [-0.15, -0.1) is 13.2 Å². The number of carboxylic acid groups (broad SMARTS) is 1. The van der Waals surface area contributed by atoms with E-state index in [0.717, 1.165) is 38.5 Å².